The quantitative estimate of drug-likeness (QED) is 0.314. The summed E-state index contributed by atoms with van der Waals surface area (Å²) in [6, 6.07) is 19.7. The fourth-order valence-corrected chi connectivity index (χ4v) is 4.10. The maximum atomic E-state index is 9.34. The first-order chi connectivity index (χ1) is 15.4. The van der Waals surface area contributed by atoms with Crippen LogP contribution in [0.5, 0.6) is 0 Å². The Kier molecular flexibility index (Phi) is 5.37. The van der Waals surface area contributed by atoms with Crippen LogP contribution in [0.4, 0.5) is 11.5 Å². The highest BCUT2D eigenvalue weighted by Gasteiger charge is 2.17. The van der Waals surface area contributed by atoms with Crippen molar-refractivity contribution < 1.29 is 0 Å². The van der Waals surface area contributed by atoms with Crippen molar-refractivity contribution in [1.29, 1.82) is 10.5 Å². The first-order valence-electron chi connectivity index (χ1n) is 10.1. The number of nitrogen functional groups attached to an aromatic ring is 2. The van der Waals surface area contributed by atoms with Crippen LogP contribution in [0.15, 0.2) is 54.6 Å². The summed E-state index contributed by atoms with van der Waals surface area (Å²) in [6.07, 6.45) is 2.07. The van der Waals surface area contributed by atoms with Gasteiger partial charge in [-0.25, -0.2) is 0 Å². The molecule has 0 saturated carbocycles. The highest BCUT2D eigenvalue weighted by molar-refractivity contribution is 6.00. The largest absolute Gasteiger partial charge is 0.398 e. The molecule has 0 fully saturated rings. The number of rotatable bonds is 4. The maximum Gasteiger partial charge on any atom is 0.153 e. The van der Waals surface area contributed by atoms with Gasteiger partial charge in [0.1, 0.15) is 0 Å². The number of aromatic nitrogens is 2. The highest BCUT2D eigenvalue weighted by Crippen LogP contribution is 2.37. The number of aryl methyl sites for hydroxylation is 1. The molecule has 6 heteroatoms. The molecule has 0 unspecified atom stereocenters. The van der Waals surface area contributed by atoms with Crippen molar-refractivity contribution in [2.24, 2.45) is 0 Å². The van der Waals surface area contributed by atoms with Gasteiger partial charge in [-0.15, -0.1) is 0 Å². The summed E-state index contributed by atoms with van der Waals surface area (Å²) >= 11 is 0. The number of nitrogens with zero attached hydrogens (tertiary/aromatic N) is 3. The molecule has 0 radical (unpaired) electrons. The summed E-state index contributed by atoms with van der Waals surface area (Å²) in [7, 11) is 0. The molecule has 1 aromatic heterocycles. The van der Waals surface area contributed by atoms with E-state index in [-0.39, 0.29) is 0 Å². The number of anilines is 2. The van der Waals surface area contributed by atoms with E-state index in [1.54, 1.807) is 18.2 Å². The lowest BCUT2D eigenvalue weighted by Crippen LogP contribution is -2.01. The number of nitrogens with two attached hydrogens (primary N) is 2. The number of aromatic amines is 1. The lowest BCUT2D eigenvalue weighted by Gasteiger charge is -2.18. The summed E-state index contributed by atoms with van der Waals surface area (Å²) in [4.78, 5) is 0. The van der Waals surface area contributed by atoms with E-state index < -0.39 is 0 Å². The Morgan fingerprint density at radius 3 is 2.66 bits per heavy atom. The number of hydrogen-bond acceptors (Lipinski definition) is 5. The van der Waals surface area contributed by atoms with Crippen LogP contribution in [-0.4, -0.2) is 10.2 Å². The zero-order valence-electron chi connectivity index (χ0n) is 17.9. The molecule has 0 aliphatic rings. The van der Waals surface area contributed by atoms with Gasteiger partial charge in [-0.2, -0.15) is 15.6 Å². The number of hydrogen-bond donors (Lipinski definition) is 3. The monoisotopic (exact) mass is 418 g/mol. The normalized spacial score (nSPS) is 11.3. The van der Waals surface area contributed by atoms with Crippen LogP contribution >= 0.6 is 0 Å². The molecule has 0 amide bonds. The molecule has 0 bridgehead atoms. The maximum absolute atomic E-state index is 9.34. The van der Waals surface area contributed by atoms with Gasteiger partial charge in [-0.3, -0.25) is 5.10 Å². The lowest BCUT2D eigenvalue weighted by molar-refractivity contribution is 1.12. The molecule has 0 aliphatic heterocycles. The molecule has 4 rings (SSSR count). The van der Waals surface area contributed by atoms with Gasteiger partial charge in [0, 0.05) is 29.1 Å². The van der Waals surface area contributed by atoms with Gasteiger partial charge in [0.2, 0.25) is 0 Å². The Labute approximate surface area is 186 Å². The minimum absolute atomic E-state index is 0.455. The molecule has 5 N–H and O–H groups in total. The molecule has 0 saturated heterocycles. The second-order valence-corrected chi connectivity index (χ2v) is 7.82. The smallest absolute Gasteiger partial charge is 0.153 e. The number of para-hydroxylation sites is 1. The lowest BCUT2D eigenvalue weighted by atomic mass is 9.87. The van der Waals surface area contributed by atoms with Crippen molar-refractivity contribution in [3.63, 3.8) is 0 Å². The van der Waals surface area contributed by atoms with E-state index in [0.29, 0.717) is 23.5 Å². The third-order valence-corrected chi connectivity index (χ3v) is 5.70. The van der Waals surface area contributed by atoms with Crippen molar-refractivity contribution in [1.82, 2.24) is 10.2 Å². The van der Waals surface area contributed by atoms with Crippen LogP contribution < -0.4 is 11.5 Å². The van der Waals surface area contributed by atoms with Gasteiger partial charge >= 0.3 is 0 Å². The SMILES string of the molecule is C/C(=C/C#N)c1cc(C)c(-c2cccc3c(N)n[nH]c23)c(Cc2cc(C#N)ccc2N)c1. The van der Waals surface area contributed by atoms with Crippen LogP contribution in [0.2, 0.25) is 0 Å². The Hall–Kier alpha value is -4.55. The summed E-state index contributed by atoms with van der Waals surface area (Å²) in [5, 5.41) is 26.6. The standard InChI is InChI=1S/C26H22N6/c1-15(8-9-27)18-10-16(2)24(21-4-3-5-22-25(21)31-32-26(22)30)20(12-18)13-19-11-17(14-28)6-7-23(19)29/h3-8,10-12H,13,29H2,1-2H3,(H3,30,31,32)/b15-8-. The predicted octanol–water partition coefficient (Wildman–Crippen LogP) is 5.09. The van der Waals surface area contributed by atoms with Crippen LogP contribution in [0.25, 0.3) is 27.6 Å². The molecular weight excluding hydrogens is 396 g/mol. The van der Waals surface area contributed by atoms with E-state index in [1.807, 2.05) is 31.2 Å². The first kappa shape index (κ1) is 20.7. The van der Waals surface area contributed by atoms with Crippen molar-refractivity contribution in [2.75, 3.05) is 11.5 Å². The second kappa shape index (κ2) is 8.29. The van der Waals surface area contributed by atoms with Gasteiger partial charge in [0.05, 0.1) is 23.2 Å². The van der Waals surface area contributed by atoms with Crippen molar-refractivity contribution in [3.8, 4) is 23.3 Å². The van der Waals surface area contributed by atoms with Crippen molar-refractivity contribution in [3.05, 3.63) is 82.4 Å². The predicted molar refractivity (Wildman–Crippen MR) is 128 cm³/mol. The molecule has 4 aromatic rings. The molecule has 3 aromatic carbocycles. The average Bonchev–Trinajstić information content (AvgIpc) is 3.16. The summed E-state index contributed by atoms with van der Waals surface area (Å²) in [5.41, 5.74) is 21.2. The molecule has 156 valence electrons. The highest BCUT2D eigenvalue weighted by atomic mass is 15.1. The Balaban J connectivity index is 1.99. The zero-order valence-corrected chi connectivity index (χ0v) is 17.9. The average molecular weight is 419 g/mol. The number of allylic oxidation sites excluding steroid dienone is 2. The van der Waals surface area contributed by atoms with Crippen LogP contribution in [-0.2, 0) is 6.42 Å². The van der Waals surface area contributed by atoms with E-state index in [4.69, 9.17) is 16.7 Å². The van der Waals surface area contributed by atoms with E-state index >= 15 is 0 Å². The van der Waals surface area contributed by atoms with Gasteiger partial charge < -0.3 is 11.5 Å². The number of fused-ring (bicyclic) bond motifs is 1. The molecular formula is C26H22N6. The molecule has 0 aliphatic carbocycles. The van der Waals surface area contributed by atoms with Crippen LogP contribution in [0.3, 0.4) is 0 Å². The van der Waals surface area contributed by atoms with Gasteiger partial charge in [0.15, 0.2) is 5.82 Å². The van der Waals surface area contributed by atoms with Gasteiger partial charge in [0.25, 0.3) is 0 Å². The van der Waals surface area contributed by atoms with E-state index in [2.05, 4.69) is 41.4 Å². The summed E-state index contributed by atoms with van der Waals surface area (Å²) in [6.45, 7) is 3.97. The topological polar surface area (TPSA) is 128 Å². The molecule has 1 heterocycles. The van der Waals surface area contributed by atoms with E-state index in [0.717, 1.165) is 49.9 Å². The second-order valence-electron chi connectivity index (χ2n) is 7.82. The summed E-state index contributed by atoms with van der Waals surface area (Å²) < 4.78 is 0. The molecule has 0 atom stereocenters. The molecule has 6 nitrogen and oxygen atoms in total. The Morgan fingerprint density at radius 2 is 1.91 bits per heavy atom. The fourth-order valence-electron chi connectivity index (χ4n) is 4.10. The number of benzene rings is 3. The third-order valence-electron chi connectivity index (χ3n) is 5.70. The molecule has 32 heavy (non-hydrogen) atoms. The van der Waals surface area contributed by atoms with Crippen molar-refractivity contribution in [2.45, 2.75) is 20.3 Å². The number of H-pyrrole nitrogens is 1. The fraction of sp³-hybridized carbons (Fsp3) is 0.115. The summed E-state index contributed by atoms with van der Waals surface area (Å²) in [5.74, 6) is 0.455. The van der Waals surface area contributed by atoms with Crippen LogP contribution in [0.1, 0.15) is 34.7 Å². The van der Waals surface area contributed by atoms with Crippen molar-refractivity contribution >= 4 is 28.0 Å². The Bertz CT molecular complexity index is 1460. The Morgan fingerprint density at radius 1 is 1.09 bits per heavy atom. The van der Waals surface area contributed by atoms with Gasteiger partial charge in [-0.1, -0.05) is 24.3 Å². The first-order valence-corrected chi connectivity index (χ1v) is 10.1. The molecule has 0 spiro atoms. The zero-order chi connectivity index (χ0) is 22.8. The third kappa shape index (κ3) is 3.66. The minimum Gasteiger partial charge on any atom is -0.398 e. The van der Waals surface area contributed by atoms with Gasteiger partial charge in [-0.05, 0) is 71.5 Å². The minimum atomic E-state index is 0.455. The van der Waals surface area contributed by atoms with E-state index in [9.17, 15) is 5.26 Å². The number of nitriles is 2. The van der Waals surface area contributed by atoms with Crippen LogP contribution in [0, 0.1) is 29.6 Å². The number of nitrogens with one attached hydrogen (secondary N) is 1. The van der Waals surface area contributed by atoms with E-state index in [1.165, 1.54) is 0 Å².